The van der Waals surface area contributed by atoms with E-state index in [0.717, 1.165) is 18.0 Å². The van der Waals surface area contributed by atoms with E-state index < -0.39 is 12.1 Å². The summed E-state index contributed by atoms with van der Waals surface area (Å²) >= 11 is 1.05. The highest BCUT2D eigenvalue weighted by Gasteiger charge is 2.23. The zero-order valence-electron chi connectivity index (χ0n) is 13.0. The average molecular weight is 334 g/mol. The molecule has 0 atom stereocenters. The van der Waals surface area contributed by atoms with Crippen molar-refractivity contribution < 1.29 is 19.1 Å². The lowest BCUT2D eigenvalue weighted by molar-refractivity contribution is 0.0526. The predicted molar refractivity (Wildman–Crippen MR) is 88.2 cm³/mol. The molecule has 7 heteroatoms. The number of hydrogen-bond donors (Lipinski definition) is 1. The lowest BCUT2D eigenvalue weighted by Crippen LogP contribution is -2.18. The van der Waals surface area contributed by atoms with Gasteiger partial charge in [0.15, 0.2) is 0 Å². The number of nitrogens with zero attached hydrogens (tertiary/aromatic N) is 1. The molecule has 0 spiro atoms. The smallest absolute Gasteiger partial charge is 0.417 e. The third kappa shape index (κ3) is 4.53. The Balaban J connectivity index is 2.15. The molecule has 0 fully saturated rings. The molecule has 1 heterocycles. The van der Waals surface area contributed by atoms with Crippen LogP contribution >= 0.6 is 11.5 Å². The summed E-state index contributed by atoms with van der Waals surface area (Å²) in [5.41, 5.74) is 0.940. The fourth-order valence-corrected chi connectivity index (χ4v) is 2.75. The number of aryl methyl sites for hydroxylation is 1. The molecular formula is C16H18N2O4S. The highest BCUT2D eigenvalue weighted by molar-refractivity contribution is 7.11. The number of carbonyl (C=O) groups is 2. The highest BCUT2D eigenvalue weighted by atomic mass is 32.1. The van der Waals surface area contributed by atoms with Crippen molar-refractivity contribution in [2.75, 3.05) is 11.9 Å². The number of aromatic nitrogens is 1. The van der Waals surface area contributed by atoms with Gasteiger partial charge in [-0.05, 0) is 37.0 Å². The number of carbonyl (C=O) groups excluding carboxylic acids is 2. The Bertz CT molecular complexity index is 670. The Labute approximate surface area is 138 Å². The van der Waals surface area contributed by atoms with Gasteiger partial charge in [-0.3, -0.25) is 5.32 Å². The van der Waals surface area contributed by atoms with Crippen LogP contribution in [0.2, 0.25) is 0 Å². The van der Waals surface area contributed by atoms with Crippen molar-refractivity contribution in [2.45, 2.75) is 26.7 Å². The molecule has 0 aliphatic carbocycles. The van der Waals surface area contributed by atoms with Gasteiger partial charge in [0, 0.05) is 0 Å². The van der Waals surface area contributed by atoms with Crippen molar-refractivity contribution in [3.05, 3.63) is 41.6 Å². The topological polar surface area (TPSA) is 77.5 Å². The summed E-state index contributed by atoms with van der Waals surface area (Å²) in [4.78, 5) is 24.1. The molecule has 2 aromatic rings. The molecule has 0 bridgehead atoms. The lowest BCUT2D eigenvalue weighted by atomic mass is 10.1. The number of para-hydroxylation sites is 1. The second kappa shape index (κ2) is 8.28. The van der Waals surface area contributed by atoms with Crippen LogP contribution in [0, 0.1) is 0 Å². The third-order valence-corrected chi connectivity index (χ3v) is 3.70. The van der Waals surface area contributed by atoms with Crippen molar-refractivity contribution in [2.24, 2.45) is 0 Å². The van der Waals surface area contributed by atoms with Gasteiger partial charge in [0.1, 0.15) is 16.3 Å². The minimum absolute atomic E-state index is 0.258. The summed E-state index contributed by atoms with van der Waals surface area (Å²) in [5, 5.41) is 2.91. The summed E-state index contributed by atoms with van der Waals surface area (Å²) in [6, 6.07) is 8.68. The van der Waals surface area contributed by atoms with E-state index >= 15 is 0 Å². The molecule has 0 saturated heterocycles. The van der Waals surface area contributed by atoms with E-state index in [0.29, 0.717) is 28.4 Å². The number of esters is 1. The summed E-state index contributed by atoms with van der Waals surface area (Å²) < 4.78 is 14.4. The van der Waals surface area contributed by atoms with Crippen molar-refractivity contribution in [1.29, 1.82) is 0 Å². The normalized spacial score (nSPS) is 10.2. The standard InChI is InChI=1S/C16H18N2O4S/c1-3-8-12-13(15(19)21-4-2)14(23-18-12)17-16(20)22-11-9-6-5-7-10-11/h5-7,9-10H,3-4,8H2,1-2H3,(H,17,20). The Morgan fingerprint density at radius 2 is 1.96 bits per heavy atom. The van der Waals surface area contributed by atoms with Crippen LogP contribution in [-0.2, 0) is 11.2 Å². The van der Waals surface area contributed by atoms with Gasteiger partial charge >= 0.3 is 12.1 Å². The van der Waals surface area contributed by atoms with E-state index in [1.165, 1.54) is 0 Å². The predicted octanol–water partition coefficient (Wildman–Crippen LogP) is 3.88. The first-order valence-electron chi connectivity index (χ1n) is 7.35. The van der Waals surface area contributed by atoms with Crippen LogP contribution in [0.3, 0.4) is 0 Å². The van der Waals surface area contributed by atoms with Crippen LogP contribution in [-0.4, -0.2) is 23.0 Å². The van der Waals surface area contributed by atoms with Crippen LogP contribution in [0.4, 0.5) is 9.80 Å². The zero-order chi connectivity index (χ0) is 16.7. The number of nitrogens with one attached hydrogen (secondary N) is 1. The van der Waals surface area contributed by atoms with Gasteiger partial charge in [-0.25, -0.2) is 9.59 Å². The minimum Gasteiger partial charge on any atom is -0.462 e. The third-order valence-electron chi connectivity index (χ3n) is 2.90. The molecule has 1 aromatic heterocycles. The lowest BCUT2D eigenvalue weighted by Gasteiger charge is -2.07. The number of benzene rings is 1. The molecule has 122 valence electrons. The van der Waals surface area contributed by atoms with Crippen LogP contribution in [0.15, 0.2) is 30.3 Å². The molecule has 1 amide bonds. The highest BCUT2D eigenvalue weighted by Crippen LogP contribution is 2.27. The van der Waals surface area contributed by atoms with Gasteiger partial charge in [-0.2, -0.15) is 4.37 Å². The largest absolute Gasteiger partial charge is 0.462 e. The first-order chi connectivity index (χ1) is 11.2. The zero-order valence-corrected chi connectivity index (χ0v) is 13.8. The number of ether oxygens (including phenoxy) is 2. The van der Waals surface area contributed by atoms with Crippen molar-refractivity contribution in [3.8, 4) is 5.75 Å². The minimum atomic E-state index is -0.673. The monoisotopic (exact) mass is 334 g/mol. The Kier molecular flexibility index (Phi) is 6.10. The maximum atomic E-state index is 12.1. The van der Waals surface area contributed by atoms with Crippen LogP contribution in [0.5, 0.6) is 5.75 Å². The summed E-state index contributed by atoms with van der Waals surface area (Å²) in [6.45, 7) is 3.98. The van der Waals surface area contributed by atoms with Crippen molar-refractivity contribution in [1.82, 2.24) is 4.37 Å². The summed E-state index contributed by atoms with van der Waals surface area (Å²) in [6.07, 6.45) is 0.804. The van der Waals surface area contributed by atoms with Gasteiger partial charge in [0.2, 0.25) is 0 Å². The van der Waals surface area contributed by atoms with E-state index in [9.17, 15) is 9.59 Å². The Morgan fingerprint density at radius 3 is 2.61 bits per heavy atom. The maximum absolute atomic E-state index is 12.1. The van der Waals surface area contributed by atoms with Crippen LogP contribution in [0.1, 0.15) is 36.3 Å². The second-order valence-corrected chi connectivity index (χ2v) is 5.40. The first kappa shape index (κ1) is 17.0. The summed E-state index contributed by atoms with van der Waals surface area (Å²) in [5.74, 6) is -0.0688. The van der Waals surface area contributed by atoms with Gasteiger partial charge in [0.25, 0.3) is 0 Å². The number of amides is 1. The van der Waals surface area contributed by atoms with Gasteiger partial charge in [0.05, 0.1) is 12.3 Å². The molecule has 2 rings (SSSR count). The van der Waals surface area contributed by atoms with Crippen molar-refractivity contribution >= 4 is 28.6 Å². The molecule has 1 N–H and O–H groups in total. The number of hydrogen-bond acceptors (Lipinski definition) is 6. The van der Waals surface area contributed by atoms with Crippen LogP contribution < -0.4 is 10.1 Å². The molecule has 0 saturated carbocycles. The fraction of sp³-hybridized carbons (Fsp3) is 0.312. The van der Waals surface area contributed by atoms with Crippen LogP contribution in [0.25, 0.3) is 0 Å². The average Bonchev–Trinajstić information content (AvgIpc) is 2.91. The van der Waals surface area contributed by atoms with Gasteiger partial charge < -0.3 is 9.47 Å². The molecule has 6 nitrogen and oxygen atoms in total. The second-order valence-electron chi connectivity index (χ2n) is 4.63. The molecule has 1 aromatic carbocycles. The molecule has 0 radical (unpaired) electrons. The first-order valence-corrected chi connectivity index (χ1v) is 8.12. The summed E-state index contributed by atoms with van der Waals surface area (Å²) in [7, 11) is 0. The van der Waals surface area contributed by atoms with E-state index in [2.05, 4.69) is 9.69 Å². The molecule has 0 aliphatic rings. The number of anilines is 1. The van der Waals surface area contributed by atoms with E-state index in [1.807, 2.05) is 13.0 Å². The fourth-order valence-electron chi connectivity index (χ4n) is 1.94. The van der Waals surface area contributed by atoms with E-state index in [1.54, 1.807) is 31.2 Å². The SMILES string of the molecule is CCCc1nsc(NC(=O)Oc2ccccc2)c1C(=O)OCC. The van der Waals surface area contributed by atoms with E-state index in [-0.39, 0.29) is 6.61 Å². The molecule has 0 aliphatic heterocycles. The molecule has 23 heavy (non-hydrogen) atoms. The Hall–Kier alpha value is -2.41. The van der Waals surface area contributed by atoms with Crippen molar-refractivity contribution in [3.63, 3.8) is 0 Å². The Morgan fingerprint density at radius 1 is 1.22 bits per heavy atom. The molecule has 0 unspecified atom stereocenters. The maximum Gasteiger partial charge on any atom is 0.417 e. The van der Waals surface area contributed by atoms with E-state index in [4.69, 9.17) is 9.47 Å². The number of rotatable bonds is 6. The van der Waals surface area contributed by atoms with Gasteiger partial charge in [-0.1, -0.05) is 31.5 Å². The quantitative estimate of drug-likeness (QED) is 0.811. The molecular weight excluding hydrogens is 316 g/mol. The van der Waals surface area contributed by atoms with Gasteiger partial charge in [-0.15, -0.1) is 0 Å².